The molecule has 0 saturated heterocycles. The number of unbranched alkanes of at least 4 members (excludes halogenated alkanes) is 13. The smallest absolute Gasteiger partial charge is 0.322 e. The molecular weight excluding hydrogens is 310 g/mol. The molecule has 0 radical (unpaired) electrons. The summed E-state index contributed by atoms with van der Waals surface area (Å²) in [6.07, 6.45) is 18.7. The van der Waals surface area contributed by atoms with E-state index in [0.29, 0.717) is 6.61 Å². The topological polar surface area (TPSA) is 52.3 Å². The number of rotatable bonds is 16. The number of halogens is 1. The second kappa shape index (κ2) is 19.8. The van der Waals surface area contributed by atoms with Crippen molar-refractivity contribution in [2.45, 2.75) is 110 Å². The minimum absolute atomic E-state index is 0. The van der Waals surface area contributed by atoms with Gasteiger partial charge in [-0.1, -0.05) is 90.4 Å². The van der Waals surface area contributed by atoms with E-state index in [4.69, 9.17) is 10.5 Å². The summed E-state index contributed by atoms with van der Waals surface area (Å²) in [4.78, 5) is 11.1. The van der Waals surface area contributed by atoms with Gasteiger partial charge < -0.3 is 10.5 Å². The lowest BCUT2D eigenvalue weighted by atomic mass is 10.0. The molecule has 0 aromatic rings. The molecule has 0 fully saturated rings. The molecule has 0 aliphatic rings. The summed E-state index contributed by atoms with van der Waals surface area (Å²) in [6, 6.07) is -0.494. The van der Waals surface area contributed by atoms with E-state index >= 15 is 0 Å². The Morgan fingerprint density at radius 3 is 1.48 bits per heavy atom. The lowest BCUT2D eigenvalue weighted by molar-refractivity contribution is -0.144. The first kappa shape index (κ1) is 25.0. The van der Waals surface area contributed by atoms with Crippen LogP contribution in [0, 0.1) is 0 Å². The molecule has 2 N–H and O–H groups in total. The maximum absolute atomic E-state index is 11.1. The minimum Gasteiger partial charge on any atom is -0.465 e. The third kappa shape index (κ3) is 19.7. The highest BCUT2D eigenvalue weighted by molar-refractivity contribution is 5.85. The van der Waals surface area contributed by atoms with Gasteiger partial charge in [-0.05, 0) is 13.3 Å². The maximum atomic E-state index is 11.1. The van der Waals surface area contributed by atoms with Crippen LogP contribution >= 0.6 is 12.4 Å². The summed E-state index contributed by atoms with van der Waals surface area (Å²) in [7, 11) is 0. The number of esters is 1. The Balaban J connectivity index is 0. The molecule has 0 aliphatic heterocycles. The summed E-state index contributed by atoms with van der Waals surface area (Å²) in [6.45, 7) is 4.46. The van der Waals surface area contributed by atoms with E-state index in [1.54, 1.807) is 6.92 Å². The highest BCUT2D eigenvalue weighted by Gasteiger charge is 2.07. The lowest BCUT2D eigenvalue weighted by Gasteiger charge is -2.06. The van der Waals surface area contributed by atoms with Crippen molar-refractivity contribution in [3.8, 4) is 0 Å². The molecule has 0 aromatic carbocycles. The molecule has 0 saturated carbocycles. The van der Waals surface area contributed by atoms with Gasteiger partial charge in [-0.2, -0.15) is 0 Å². The van der Waals surface area contributed by atoms with Crippen LogP contribution in [0.2, 0.25) is 0 Å². The number of carbonyl (C=O) groups is 1. The lowest BCUT2D eigenvalue weighted by Crippen LogP contribution is -2.28. The number of nitrogens with two attached hydrogens (primary N) is 1. The summed E-state index contributed by atoms with van der Waals surface area (Å²) in [5, 5.41) is 0. The minimum atomic E-state index is -0.494. The van der Waals surface area contributed by atoms with Crippen molar-refractivity contribution in [1.29, 1.82) is 0 Å². The van der Waals surface area contributed by atoms with Crippen LogP contribution in [0.5, 0.6) is 0 Å². The van der Waals surface area contributed by atoms with Crippen molar-refractivity contribution in [3.63, 3.8) is 0 Å². The van der Waals surface area contributed by atoms with Crippen molar-refractivity contribution in [1.82, 2.24) is 0 Å². The van der Waals surface area contributed by atoms with Crippen molar-refractivity contribution < 1.29 is 9.53 Å². The van der Waals surface area contributed by atoms with Crippen molar-refractivity contribution >= 4 is 18.4 Å². The molecule has 0 aliphatic carbocycles. The molecule has 0 rings (SSSR count). The van der Waals surface area contributed by atoms with E-state index in [2.05, 4.69) is 6.92 Å². The number of ether oxygens (including phenoxy) is 1. The van der Waals surface area contributed by atoms with Gasteiger partial charge in [0.15, 0.2) is 0 Å². The average molecular weight is 350 g/mol. The van der Waals surface area contributed by atoms with Crippen LogP contribution in [0.25, 0.3) is 0 Å². The molecule has 4 heteroatoms. The fraction of sp³-hybridized carbons (Fsp3) is 0.947. The molecule has 1 atom stereocenters. The Bertz CT molecular complexity index is 248. The summed E-state index contributed by atoms with van der Waals surface area (Å²) in [5.74, 6) is -0.283. The van der Waals surface area contributed by atoms with Crippen molar-refractivity contribution in [2.75, 3.05) is 6.61 Å². The van der Waals surface area contributed by atoms with Gasteiger partial charge in [0.2, 0.25) is 0 Å². The Morgan fingerprint density at radius 1 is 0.783 bits per heavy atom. The van der Waals surface area contributed by atoms with Gasteiger partial charge in [-0.3, -0.25) is 4.79 Å². The second-order valence-corrected chi connectivity index (χ2v) is 6.55. The van der Waals surface area contributed by atoms with Gasteiger partial charge >= 0.3 is 5.97 Å². The van der Waals surface area contributed by atoms with Gasteiger partial charge in [0, 0.05) is 0 Å². The van der Waals surface area contributed by atoms with E-state index in [1.165, 1.54) is 77.0 Å². The standard InChI is InChI=1S/C19H39NO2.ClH/c1-3-4-5-6-7-8-9-10-11-12-13-14-15-16-17-22-19(21)18(2)20;/h18H,3-17,20H2,1-2H3;1H. The maximum Gasteiger partial charge on any atom is 0.322 e. The van der Waals surface area contributed by atoms with Gasteiger partial charge in [0.05, 0.1) is 6.61 Å². The van der Waals surface area contributed by atoms with Gasteiger partial charge in [-0.25, -0.2) is 0 Å². The Morgan fingerprint density at radius 2 is 1.13 bits per heavy atom. The number of hydrogen-bond acceptors (Lipinski definition) is 3. The zero-order valence-corrected chi connectivity index (χ0v) is 16.3. The SMILES string of the molecule is CCCCCCCCCCCCCCCCOC(=O)C(C)N.Cl. The van der Waals surface area contributed by atoms with Crippen LogP contribution in [0.4, 0.5) is 0 Å². The van der Waals surface area contributed by atoms with Crippen molar-refractivity contribution in [2.24, 2.45) is 5.73 Å². The second-order valence-electron chi connectivity index (χ2n) is 6.55. The first-order chi connectivity index (χ1) is 10.7. The zero-order chi connectivity index (χ0) is 16.5. The fourth-order valence-electron chi connectivity index (χ4n) is 2.60. The van der Waals surface area contributed by atoms with Crippen LogP contribution in [-0.2, 0) is 9.53 Å². The molecule has 0 aromatic heterocycles. The van der Waals surface area contributed by atoms with Crippen LogP contribution in [-0.4, -0.2) is 18.6 Å². The predicted molar refractivity (Wildman–Crippen MR) is 102 cm³/mol. The first-order valence-electron chi connectivity index (χ1n) is 9.60. The van der Waals surface area contributed by atoms with Crippen LogP contribution < -0.4 is 5.73 Å². The summed E-state index contributed by atoms with van der Waals surface area (Å²) in [5.41, 5.74) is 5.42. The van der Waals surface area contributed by atoms with E-state index in [1.807, 2.05) is 0 Å². The molecule has 140 valence electrons. The highest BCUT2D eigenvalue weighted by atomic mass is 35.5. The molecule has 1 unspecified atom stereocenters. The molecular formula is C19H40ClNO2. The van der Waals surface area contributed by atoms with Crippen LogP contribution in [0.15, 0.2) is 0 Å². The van der Waals surface area contributed by atoms with E-state index in [0.717, 1.165) is 12.8 Å². The van der Waals surface area contributed by atoms with E-state index in [-0.39, 0.29) is 18.4 Å². The first-order valence-corrected chi connectivity index (χ1v) is 9.60. The van der Waals surface area contributed by atoms with Crippen LogP contribution in [0.3, 0.4) is 0 Å². The normalized spacial score (nSPS) is 11.8. The van der Waals surface area contributed by atoms with E-state index in [9.17, 15) is 4.79 Å². The van der Waals surface area contributed by atoms with Crippen molar-refractivity contribution in [3.05, 3.63) is 0 Å². The molecule has 0 heterocycles. The fourth-order valence-corrected chi connectivity index (χ4v) is 2.60. The number of carbonyl (C=O) groups excluding carboxylic acids is 1. The highest BCUT2D eigenvalue weighted by Crippen LogP contribution is 2.12. The summed E-state index contributed by atoms with van der Waals surface area (Å²) >= 11 is 0. The molecule has 0 amide bonds. The molecule has 0 bridgehead atoms. The Kier molecular flexibility index (Phi) is 21.5. The van der Waals surface area contributed by atoms with Gasteiger partial charge in [-0.15, -0.1) is 12.4 Å². The number of hydrogen-bond donors (Lipinski definition) is 1. The molecule has 0 spiro atoms. The largest absolute Gasteiger partial charge is 0.465 e. The van der Waals surface area contributed by atoms with Crippen LogP contribution in [0.1, 0.15) is 104 Å². The Labute approximate surface area is 150 Å². The molecule has 3 nitrogen and oxygen atoms in total. The van der Waals surface area contributed by atoms with Gasteiger partial charge in [0.25, 0.3) is 0 Å². The third-order valence-electron chi connectivity index (χ3n) is 4.11. The predicted octanol–water partition coefficient (Wildman–Crippen LogP) is 5.78. The summed E-state index contributed by atoms with van der Waals surface area (Å²) < 4.78 is 5.05. The third-order valence-corrected chi connectivity index (χ3v) is 4.11. The average Bonchev–Trinajstić information content (AvgIpc) is 2.50. The van der Waals surface area contributed by atoms with Gasteiger partial charge in [0.1, 0.15) is 6.04 Å². The quantitative estimate of drug-likeness (QED) is 0.284. The Hall–Kier alpha value is -0.280. The molecule has 23 heavy (non-hydrogen) atoms. The van der Waals surface area contributed by atoms with E-state index < -0.39 is 6.04 Å². The zero-order valence-electron chi connectivity index (χ0n) is 15.5. The monoisotopic (exact) mass is 349 g/mol.